The van der Waals surface area contributed by atoms with Crippen LogP contribution in [-0.4, -0.2) is 59.6 Å². The fraction of sp³-hybridized carbons (Fsp3) is 0.292. The number of pyridine rings is 1. The Labute approximate surface area is 193 Å². The van der Waals surface area contributed by atoms with Gasteiger partial charge in [0.2, 0.25) is 5.95 Å². The molecular formula is C24H27N7S. The fourth-order valence-corrected chi connectivity index (χ4v) is 5.04. The van der Waals surface area contributed by atoms with Crippen molar-refractivity contribution in [3.8, 4) is 11.3 Å². The first-order valence-electron chi connectivity index (χ1n) is 10.8. The van der Waals surface area contributed by atoms with Crippen LogP contribution in [0.2, 0.25) is 0 Å². The topological polar surface area (TPSA) is 60.4 Å². The first-order valence-corrected chi connectivity index (χ1v) is 11.6. The molecule has 8 heteroatoms. The van der Waals surface area contributed by atoms with E-state index >= 15 is 0 Å². The maximum atomic E-state index is 4.85. The van der Waals surface area contributed by atoms with Crippen molar-refractivity contribution in [1.29, 1.82) is 0 Å². The quantitative estimate of drug-likeness (QED) is 0.459. The third-order valence-electron chi connectivity index (χ3n) is 5.86. The molecule has 32 heavy (non-hydrogen) atoms. The van der Waals surface area contributed by atoms with E-state index in [-0.39, 0.29) is 0 Å². The molecule has 0 saturated carbocycles. The average molecular weight is 446 g/mol. The summed E-state index contributed by atoms with van der Waals surface area (Å²) in [6, 6.07) is 10.6. The maximum absolute atomic E-state index is 4.85. The lowest BCUT2D eigenvalue weighted by atomic mass is 10.1. The molecule has 2 aromatic heterocycles. The Kier molecular flexibility index (Phi) is 5.71. The van der Waals surface area contributed by atoms with Crippen molar-refractivity contribution in [3.05, 3.63) is 60.9 Å². The van der Waals surface area contributed by atoms with E-state index < -0.39 is 0 Å². The van der Waals surface area contributed by atoms with E-state index in [2.05, 4.69) is 74.2 Å². The Morgan fingerprint density at radius 1 is 1.16 bits per heavy atom. The van der Waals surface area contributed by atoms with Gasteiger partial charge in [0.15, 0.2) is 0 Å². The molecule has 164 valence electrons. The minimum Gasteiger partial charge on any atom is -0.369 e. The Morgan fingerprint density at radius 3 is 2.78 bits per heavy atom. The molecule has 1 saturated heterocycles. The van der Waals surface area contributed by atoms with Crippen LogP contribution in [0, 0.1) is 6.92 Å². The summed E-state index contributed by atoms with van der Waals surface area (Å²) in [5.74, 6) is 1.49. The first kappa shape index (κ1) is 20.8. The summed E-state index contributed by atoms with van der Waals surface area (Å²) in [6.45, 7) is 11.0. The van der Waals surface area contributed by atoms with Gasteiger partial charge >= 0.3 is 0 Å². The van der Waals surface area contributed by atoms with Crippen LogP contribution in [0.5, 0.6) is 0 Å². The SMILES string of the molecule is C=CCN1Sc2cnc(Nc3ccc(N4CCN(C)CC4)cc3C)nc2-c2cccnc21. The number of fused-ring (bicyclic) bond motifs is 3. The van der Waals surface area contributed by atoms with Gasteiger partial charge in [-0.05, 0) is 61.8 Å². The number of rotatable bonds is 5. The maximum Gasteiger partial charge on any atom is 0.227 e. The van der Waals surface area contributed by atoms with E-state index in [9.17, 15) is 0 Å². The highest BCUT2D eigenvalue weighted by Crippen LogP contribution is 2.44. The summed E-state index contributed by atoms with van der Waals surface area (Å²) >= 11 is 1.60. The van der Waals surface area contributed by atoms with Crippen molar-refractivity contribution in [1.82, 2.24) is 19.9 Å². The van der Waals surface area contributed by atoms with Gasteiger partial charge in [0.1, 0.15) is 5.82 Å². The molecule has 0 amide bonds. The summed E-state index contributed by atoms with van der Waals surface area (Å²) in [6.07, 6.45) is 5.57. The van der Waals surface area contributed by atoms with Gasteiger partial charge in [-0.25, -0.2) is 15.0 Å². The highest BCUT2D eigenvalue weighted by molar-refractivity contribution is 8.00. The Bertz CT molecular complexity index is 1140. The molecule has 0 unspecified atom stereocenters. The summed E-state index contributed by atoms with van der Waals surface area (Å²) in [5.41, 5.74) is 5.38. The Balaban J connectivity index is 1.39. The number of likely N-dealkylation sites (N-methyl/N-ethyl adjacent to an activating group) is 1. The molecule has 2 aliphatic rings. The summed E-state index contributed by atoms with van der Waals surface area (Å²) in [7, 11) is 2.18. The molecule has 3 aromatic rings. The van der Waals surface area contributed by atoms with E-state index in [4.69, 9.17) is 4.98 Å². The Hall–Kier alpha value is -3.10. The predicted molar refractivity (Wildman–Crippen MR) is 133 cm³/mol. The van der Waals surface area contributed by atoms with Gasteiger partial charge < -0.3 is 15.1 Å². The molecule has 5 rings (SSSR count). The van der Waals surface area contributed by atoms with Crippen LogP contribution in [0.1, 0.15) is 5.56 Å². The van der Waals surface area contributed by atoms with Crippen LogP contribution in [0.25, 0.3) is 11.3 Å². The molecule has 0 aliphatic carbocycles. The standard InChI is InChI=1S/C24H27N7S/c1-4-10-31-23-19(6-5-9-25-23)22-21(32-31)16-26-24(28-22)27-20-8-7-18(15-17(20)2)30-13-11-29(3)12-14-30/h4-9,15-16H,1,10-14H2,2-3H3,(H,26,27,28). The normalized spacial score (nSPS) is 15.8. The zero-order chi connectivity index (χ0) is 22.1. The van der Waals surface area contributed by atoms with Crippen molar-refractivity contribution in [2.24, 2.45) is 0 Å². The lowest BCUT2D eigenvalue weighted by molar-refractivity contribution is 0.313. The summed E-state index contributed by atoms with van der Waals surface area (Å²) in [4.78, 5) is 19.8. The van der Waals surface area contributed by atoms with Gasteiger partial charge in [-0.2, -0.15) is 0 Å². The lowest BCUT2D eigenvalue weighted by Gasteiger charge is -2.34. The molecule has 7 nitrogen and oxygen atoms in total. The van der Waals surface area contributed by atoms with Gasteiger partial charge in [0, 0.05) is 62.1 Å². The number of piperazine rings is 1. The van der Waals surface area contributed by atoms with Crippen molar-refractivity contribution in [2.75, 3.05) is 54.3 Å². The summed E-state index contributed by atoms with van der Waals surface area (Å²) in [5, 5.41) is 3.42. The number of benzene rings is 1. The molecule has 0 spiro atoms. The number of aryl methyl sites for hydroxylation is 1. The van der Waals surface area contributed by atoms with Crippen molar-refractivity contribution >= 4 is 35.1 Å². The zero-order valence-corrected chi connectivity index (χ0v) is 19.3. The number of hydrogen-bond donors (Lipinski definition) is 1. The largest absolute Gasteiger partial charge is 0.369 e. The fourth-order valence-electron chi connectivity index (χ4n) is 4.04. The number of anilines is 4. The third-order valence-corrected chi connectivity index (χ3v) is 6.90. The van der Waals surface area contributed by atoms with E-state index in [1.165, 1.54) is 11.3 Å². The van der Waals surface area contributed by atoms with Gasteiger partial charge in [-0.15, -0.1) is 6.58 Å². The molecule has 1 aromatic carbocycles. The average Bonchev–Trinajstić information content (AvgIpc) is 2.81. The molecule has 1 fully saturated rings. The minimum absolute atomic E-state index is 0.590. The van der Waals surface area contributed by atoms with Crippen LogP contribution >= 0.6 is 11.9 Å². The van der Waals surface area contributed by atoms with Crippen molar-refractivity contribution in [3.63, 3.8) is 0 Å². The van der Waals surface area contributed by atoms with Crippen LogP contribution < -0.4 is 14.5 Å². The second kappa shape index (κ2) is 8.80. The van der Waals surface area contributed by atoms with Crippen LogP contribution in [0.15, 0.2) is 60.3 Å². The molecule has 4 heterocycles. The van der Waals surface area contributed by atoms with Gasteiger partial charge in [0.25, 0.3) is 0 Å². The first-order chi connectivity index (χ1) is 15.6. The van der Waals surface area contributed by atoms with Gasteiger partial charge in [-0.3, -0.25) is 4.31 Å². The molecule has 0 atom stereocenters. The van der Waals surface area contributed by atoms with E-state index in [0.29, 0.717) is 12.5 Å². The zero-order valence-electron chi connectivity index (χ0n) is 18.5. The number of hydrogen-bond acceptors (Lipinski definition) is 8. The number of nitrogens with one attached hydrogen (secondary N) is 1. The second-order valence-electron chi connectivity index (χ2n) is 8.14. The van der Waals surface area contributed by atoms with E-state index in [0.717, 1.165) is 53.8 Å². The van der Waals surface area contributed by atoms with Crippen LogP contribution in [0.3, 0.4) is 0 Å². The van der Waals surface area contributed by atoms with E-state index in [1.54, 1.807) is 11.9 Å². The number of nitrogens with zero attached hydrogens (tertiary/aromatic N) is 6. The second-order valence-corrected chi connectivity index (χ2v) is 9.20. The van der Waals surface area contributed by atoms with Gasteiger partial charge in [0.05, 0.1) is 10.6 Å². The predicted octanol–water partition coefficient (Wildman–Crippen LogP) is 4.36. The van der Waals surface area contributed by atoms with E-state index in [1.807, 2.05) is 24.5 Å². The third kappa shape index (κ3) is 4.03. The minimum atomic E-state index is 0.590. The van der Waals surface area contributed by atoms with Crippen LogP contribution in [-0.2, 0) is 0 Å². The highest BCUT2D eigenvalue weighted by Gasteiger charge is 2.25. The molecular weight excluding hydrogens is 418 g/mol. The summed E-state index contributed by atoms with van der Waals surface area (Å²) < 4.78 is 2.11. The highest BCUT2D eigenvalue weighted by atomic mass is 32.2. The molecule has 2 aliphatic heterocycles. The Morgan fingerprint density at radius 2 is 2.00 bits per heavy atom. The van der Waals surface area contributed by atoms with Crippen molar-refractivity contribution in [2.45, 2.75) is 11.8 Å². The smallest absolute Gasteiger partial charge is 0.227 e. The van der Waals surface area contributed by atoms with Gasteiger partial charge in [-0.1, -0.05) is 6.08 Å². The molecule has 0 radical (unpaired) electrons. The lowest BCUT2D eigenvalue weighted by Crippen LogP contribution is -2.44. The monoisotopic (exact) mass is 445 g/mol. The molecule has 1 N–H and O–H groups in total. The van der Waals surface area contributed by atoms with Crippen LogP contribution in [0.4, 0.5) is 23.1 Å². The number of aromatic nitrogens is 3. The van der Waals surface area contributed by atoms with Crippen molar-refractivity contribution < 1.29 is 0 Å². The molecule has 0 bridgehead atoms.